The lowest BCUT2D eigenvalue weighted by Crippen LogP contribution is -2.19. The summed E-state index contributed by atoms with van der Waals surface area (Å²) in [4.78, 5) is 9.79. The molecule has 0 fully saturated rings. The minimum atomic E-state index is -4.98. The third-order valence-corrected chi connectivity index (χ3v) is 2.28. The molecule has 0 aliphatic heterocycles. The van der Waals surface area contributed by atoms with Gasteiger partial charge in [0.05, 0.1) is 4.92 Å². The van der Waals surface area contributed by atoms with Gasteiger partial charge in [-0.25, -0.2) is 0 Å². The van der Waals surface area contributed by atoms with E-state index in [4.69, 9.17) is 0 Å². The number of hydrogen-bond acceptors (Lipinski definition) is 3. The fourth-order valence-corrected chi connectivity index (χ4v) is 1.40. The van der Waals surface area contributed by atoms with Gasteiger partial charge in [-0.1, -0.05) is 25.1 Å². The van der Waals surface area contributed by atoms with Gasteiger partial charge >= 0.3 is 12.0 Å². The molecular weight excluding hydrogens is 251 g/mol. The standard InChI is InChI=1S/C11H10F3NO3/c1-3-7(2)8-5-4-6-9(15(16)17)10(8)18-11(12,13)14/h3-7H,1H2,2H3. The predicted octanol–water partition coefficient (Wildman–Crippen LogP) is 3.78. The maximum atomic E-state index is 12.3. The summed E-state index contributed by atoms with van der Waals surface area (Å²) in [7, 11) is 0. The molecule has 1 atom stereocenters. The van der Waals surface area contributed by atoms with E-state index in [1.165, 1.54) is 18.2 Å². The molecule has 1 rings (SSSR count). The number of nitro groups is 1. The number of para-hydroxylation sites is 1. The lowest BCUT2D eigenvalue weighted by molar-refractivity contribution is -0.388. The Labute approximate surface area is 101 Å². The average molecular weight is 261 g/mol. The van der Waals surface area contributed by atoms with Crippen molar-refractivity contribution in [1.29, 1.82) is 0 Å². The number of nitrogens with zero attached hydrogens (tertiary/aromatic N) is 1. The van der Waals surface area contributed by atoms with E-state index in [1.54, 1.807) is 6.92 Å². The van der Waals surface area contributed by atoms with Gasteiger partial charge < -0.3 is 4.74 Å². The Hall–Kier alpha value is -2.05. The summed E-state index contributed by atoms with van der Waals surface area (Å²) < 4.78 is 40.5. The molecular formula is C11H10F3NO3. The number of halogens is 3. The number of alkyl halides is 3. The van der Waals surface area contributed by atoms with Gasteiger partial charge in [-0.05, 0) is 0 Å². The number of benzene rings is 1. The Morgan fingerprint density at radius 1 is 1.50 bits per heavy atom. The molecule has 7 heteroatoms. The van der Waals surface area contributed by atoms with E-state index >= 15 is 0 Å². The first-order chi connectivity index (χ1) is 8.26. The van der Waals surface area contributed by atoms with Gasteiger partial charge in [0.1, 0.15) is 0 Å². The SMILES string of the molecule is C=CC(C)c1cccc([N+](=O)[O-])c1OC(F)(F)F. The molecule has 1 aromatic rings. The second-order valence-electron chi connectivity index (χ2n) is 3.52. The van der Waals surface area contributed by atoms with Crippen molar-refractivity contribution in [3.05, 3.63) is 46.5 Å². The van der Waals surface area contributed by atoms with E-state index in [-0.39, 0.29) is 5.56 Å². The first kappa shape index (κ1) is 14.0. The molecule has 0 heterocycles. The largest absolute Gasteiger partial charge is 0.573 e. The summed E-state index contributed by atoms with van der Waals surface area (Å²) in [5.41, 5.74) is -0.657. The van der Waals surface area contributed by atoms with E-state index in [9.17, 15) is 23.3 Å². The number of rotatable bonds is 4. The van der Waals surface area contributed by atoms with E-state index in [2.05, 4.69) is 11.3 Å². The molecule has 0 bridgehead atoms. The molecule has 0 aliphatic rings. The number of ether oxygens (including phenoxy) is 1. The molecule has 0 radical (unpaired) electrons. The van der Waals surface area contributed by atoms with Crippen LogP contribution in [0.1, 0.15) is 18.4 Å². The second kappa shape index (κ2) is 5.07. The third kappa shape index (κ3) is 3.22. The van der Waals surface area contributed by atoms with Crippen LogP contribution in [-0.2, 0) is 0 Å². The fraction of sp³-hybridized carbons (Fsp3) is 0.273. The van der Waals surface area contributed by atoms with Crippen molar-refractivity contribution in [3.63, 3.8) is 0 Å². The van der Waals surface area contributed by atoms with Crippen LogP contribution in [0.5, 0.6) is 5.75 Å². The maximum Gasteiger partial charge on any atom is 0.573 e. The Balaban J connectivity index is 3.38. The van der Waals surface area contributed by atoms with Crippen LogP contribution in [0.15, 0.2) is 30.9 Å². The van der Waals surface area contributed by atoms with Crippen LogP contribution in [0.2, 0.25) is 0 Å². The van der Waals surface area contributed by atoms with Gasteiger partial charge in [-0.2, -0.15) is 0 Å². The molecule has 4 nitrogen and oxygen atoms in total. The molecule has 0 spiro atoms. The van der Waals surface area contributed by atoms with Crippen molar-refractivity contribution < 1.29 is 22.8 Å². The summed E-state index contributed by atoms with van der Waals surface area (Å²) in [6.45, 7) is 5.01. The first-order valence-electron chi connectivity index (χ1n) is 4.92. The van der Waals surface area contributed by atoms with Crippen LogP contribution in [0.3, 0.4) is 0 Å². The third-order valence-electron chi connectivity index (χ3n) is 2.28. The molecule has 0 amide bonds. The van der Waals surface area contributed by atoms with Crippen LogP contribution in [0.25, 0.3) is 0 Å². The van der Waals surface area contributed by atoms with Gasteiger partial charge in [0.15, 0.2) is 0 Å². The van der Waals surface area contributed by atoms with Gasteiger partial charge in [0, 0.05) is 17.5 Å². The number of hydrogen-bond donors (Lipinski definition) is 0. The molecule has 18 heavy (non-hydrogen) atoms. The zero-order valence-corrected chi connectivity index (χ0v) is 9.40. The zero-order chi connectivity index (χ0) is 13.9. The molecule has 0 saturated heterocycles. The van der Waals surface area contributed by atoms with Crippen molar-refractivity contribution in [2.75, 3.05) is 0 Å². The zero-order valence-electron chi connectivity index (χ0n) is 9.40. The Morgan fingerprint density at radius 2 is 2.11 bits per heavy atom. The normalized spacial score (nSPS) is 12.9. The Morgan fingerprint density at radius 3 is 2.56 bits per heavy atom. The molecule has 0 aromatic heterocycles. The molecule has 1 aromatic carbocycles. The first-order valence-corrected chi connectivity index (χ1v) is 4.92. The van der Waals surface area contributed by atoms with Gasteiger partial charge in [0.25, 0.3) is 0 Å². The van der Waals surface area contributed by atoms with E-state index in [1.807, 2.05) is 0 Å². The van der Waals surface area contributed by atoms with Crippen molar-refractivity contribution in [1.82, 2.24) is 0 Å². The maximum absolute atomic E-state index is 12.3. The van der Waals surface area contributed by atoms with Crippen molar-refractivity contribution in [2.45, 2.75) is 19.2 Å². The van der Waals surface area contributed by atoms with Crippen molar-refractivity contribution >= 4 is 5.69 Å². The highest BCUT2D eigenvalue weighted by Crippen LogP contribution is 2.38. The van der Waals surface area contributed by atoms with Crippen LogP contribution >= 0.6 is 0 Å². The van der Waals surface area contributed by atoms with Crippen LogP contribution in [-0.4, -0.2) is 11.3 Å². The Kier molecular flexibility index (Phi) is 3.95. The minimum Gasteiger partial charge on any atom is -0.398 e. The number of allylic oxidation sites excluding steroid dienone is 1. The molecule has 98 valence electrons. The summed E-state index contributed by atoms with van der Waals surface area (Å²) in [6.07, 6.45) is -3.61. The minimum absolute atomic E-state index is 0.0662. The molecule has 0 aliphatic carbocycles. The molecule has 0 saturated carbocycles. The quantitative estimate of drug-likeness (QED) is 0.470. The lowest BCUT2D eigenvalue weighted by atomic mass is 9.99. The summed E-state index contributed by atoms with van der Waals surface area (Å²) in [6, 6.07) is 3.59. The molecule has 0 N–H and O–H groups in total. The van der Waals surface area contributed by atoms with Gasteiger partial charge in [-0.15, -0.1) is 19.8 Å². The number of nitro benzene ring substituents is 1. The van der Waals surface area contributed by atoms with Crippen molar-refractivity contribution in [2.24, 2.45) is 0 Å². The second-order valence-corrected chi connectivity index (χ2v) is 3.52. The van der Waals surface area contributed by atoms with E-state index in [0.29, 0.717) is 0 Å². The topological polar surface area (TPSA) is 52.4 Å². The summed E-state index contributed by atoms with van der Waals surface area (Å²) in [5, 5.41) is 10.7. The van der Waals surface area contributed by atoms with Crippen molar-refractivity contribution in [3.8, 4) is 5.75 Å². The fourth-order valence-electron chi connectivity index (χ4n) is 1.40. The highest BCUT2D eigenvalue weighted by Gasteiger charge is 2.36. The summed E-state index contributed by atoms with van der Waals surface area (Å²) in [5.74, 6) is -1.29. The van der Waals surface area contributed by atoms with Crippen LogP contribution in [0.4, 0.5) is 18.9 Å². The monoisotopic (exact) mass is 261 g/mol. The Bertz CT molecular complexity index is 471. The highest BCUT2D eigenvalue weighted by atomic mass is 19.4. The van der Waals surface area contributed by atoms with Gasteiger partial charge in [-0.3, -0.25) is 10.1 Å². The predicted molar refractivity (Wildman–Crippen MR) is 58.4 cm³/mol. The average Bonchev–Trinajstić information content (AvgIpc) is 2.25. The smallest absolute Gasteiger partial charge is 0.398 e. The van der Waals surface area contributed by atoms with Crippen LogP contribution < -0.4 is 4.74 Å². The van der Waals surface area contributed by atoms with Gasteiger partial charge in [0.2, 0.25) is 5.75 Å². The van der Waals surface area contributed by atoms with Crippen LogP contribution in [0, 0.1) is 10.1 Å². The highest BCUT2D eigenvalue weighted by molar-refractivity contribution is 5.53. The molecule has 1 unspecified atom stereocenters. The van der Waals surface area contributed by atoms with E-state index in [0.717, 1.165) is 6.07 Å². The van der Waals surface area contributed by atoms with E-state index < -0.39 is 28.6 Å². The summed E-state index contributed by atoms with van der Waals surface area (Å²) >= 11 is 0. The lowest BCUT2D eigenvalue weighted by Gasteiger charge is -2.15.